The number of rotatable bonds is 5. The fourth-order valence-corrected chi connectivity index (χ4v) is 2.41. The van der Waals surface area contributed by atoms with Crippen LogP contribution in [0.5, 0.6) is 5.75 Å². The molecule has 4 heteroatoms. The van der Waals surface area contributed by atoms with Crippen molar-refractivity contribution in [2.24, 2.45) is 5.92 Å². The number of nitrogens with zero attached hydrogens (tertiary/aromatic N) is 1. The first-order valence-corrected chi connectivity index (χ1v) is 6.73. The molecule has 0 aliphatic carbocycles. The predicted molar refractivity (Wildman–Crippen MR) is 74.1 cm³/mol. The molecule has 0 bridgehead atoms. The first-order valence-electron chi connectivity index (χ1n) is 5.91. The molecule has 1 heterocycles. The first-order chi connectivity index (χ1) is 8.22. The van der Waals surface area contributed by atoms with Crippen molar-refractivity contribution in [1.82, 2.24) is 4.98 Å². The number of fused-ring (bicyclic) bond motifs is 1. The van der Waals surface area contributed by atoms with E-state index in [9.17, 15) is 0 Å². The Kier molecular flexibility index (Phi) is 3.84. The van der Waals surface area contributed by atoms with Gasteiger partial charge in [0.25, 0.3) is 0 Å². The molecule has 1 atom stereocenters. The van der Waals surface area contributed by atoms with E-state index in [0.29, 0.717) is 5.92 Å². The third kappa shape index (κ3) is 2.88. The summed E-state index contributed by atoms with van der Waals surface area (Å²) in [6.07, 6.45) is 1.19. The molecule has 1 unspecified atom stereocenters. The number of ether oxygens (including phenoxy) is 1. The zero-order chi connectivity index (χ0) is 12.3. The number of nitrogens with one attached hydrogen (secondary N) is 1. The van der Waals surface area contributed by atoms with E-state index in [4.69, 9.17) is 4.74 Å². The smallest absolute Gasteiger partial charge is 0.183 e. The van der Waals surface area contributed by atoms with Gasteiger partial charge >= 0.3 is 0 Å². The second-order valence-corrected chi connectivity index (χ2v) is 5.28. The van der Waals surface area contributed by atoms with Gasteiger partial charge in [-0.05, 0) is 24.1 Å². The van der Waals surface area contributed by atoms with Crippen molar-refractivity contribution in [3.05, 3.63) is 18.2 Å². The number of thiazole rings is 1. The number of anilines is 1. The van der Waals surface area contributed by atoms with Crippen LogP contribution in [0.25, 0.3) is 10.2 Å². The van der Waals surface area contributed by atoms with Gasteiger partial charge in [0.1, 0.15) is 5.75 Å². The molecule has 1 aromatic carbocycles. The van der Waals surface area contributed by atoms with Crippen LogP contribution in [0.4, 0.5) is 5.13 Å². The van der Waals surface area contributed by atoms with Crippen LogP contribution in [-0.2, 0) is 0 Å². The second-order valence-electron chi connectivity index (χ2n) is 4.25. The first kappa shape index (κ1) is 12.2. The highest BCUT2D eigenvalue weighted by atomic mass is 32.1. The van der Waals surface area contributed by atoms with Crippen LogP contribution >= 0.6 is 11.3 Å². The minimum absolute atomic E-state index is 0.677. The van der Waals surface area contributed by atoms with Crippen LogP contribution in [0.3, 0.4) is 0 Å². The summed E-state index contributed by atoms with van der Waals surface area (Å²) in [5.41, 5.74) is 1.03. The lowest BCUT2D eigenvalue weighted by Gasteiger charge is -2.07. The average Bonchev–Trinajstić information content (AvgIpc) is 2.77. The van der Waals surface area contributed by atoms with Crippen LogP contribution < -0.4 is 10.1 Å². The van der Waals surface area contributed by atoms with Crippen LogP contribution in [0.1, 0.15) is 20.3 Å². The van der Waals surface area contributed by atoms with Gasteiger partial charge < -0.3 is 10.1 Å². The van der Waals surface area contributed by atoms with Crippen LogP contribution in [0, 0.1) is 5.92 Å². The molecule has 3 nitrogen and oxygen atoms in total. The number of benzene rings is 1. The maximum atomic E-state index is 5.21. The Bertz CT molecular complexity index is 495. The third-order valence-electron chi connectivity index (χ3n) is 2.89. The zero-order valence-electron chi connectivity index (χ0n) is 10.5. The Morgan fingerprint density at radius 1 is 1.47 bits per heavy atom. The van der Waals surface area contributed by atoms with Gasteiger partial charge in [0.15, 0.2) is 5.13 Å². The fraction of sp³-hybridized carbons (Fsp3) is 0.462. The van der Waals surface area contributed by atoms with Crippen molar-refractivity contribution >= 4 is 26.7 Å². The van der Waals surface area contributed by atoms with Gasteiger partial charge in [-0.2, -0.15) is 0 Å². The molecule has 92 valence electrons. The zero-order valence-corrected chi connectivity index (χ0v) is 11.3. The Balaban J connectivity index is 2.14. The van der Waals surface area contributed by atoms with Crippen molar-refractivity contribution < 1.29 is 4.74 Å². The molecular formula is C13H18N2OS. The highest BCUT2D eigenvalue weighted by molar-refractivity contribution is 7.22. The van der Waals surface area contributed by atoms with Gasteiger partial charge in [-0.25, -0.2) is 4.98 Å². The lowest BCUT2D eigenvalue weighted by Crippen LogP contribution is -2.09. The lowest BCUT2D eigenvalue weighted by molar-refractivity contribution is 0.415. The monoisotopic (exact) mass is 250 g/mol. The number of hydrogen-bond donors (Lipinski definition) is 1. The Morgan fingerprint density at radius 2 is 2.29 bits per heavy atom. The summed E-state index contributed by atoms with van der Waals surface area (Å²) in [5.74, 6) is 1.56. The number of aromatic nitrogens is 1. The Labute approximate surface area is 106 Å². The summed E-state index contributed by atoms with van der Waals surface area (Å²) < 4.78 is 6.37. The van der Waals surface area contributed by atoms with Gasteiger partial charge in [0.05, 0.1) is 17.3 Å². The summed E-state index contributed by atoms with van der Waals surface area (Å²) in [6.45, 7) is 5.42. The average molecular weight is 250 g/mol. The highest BCUT2D eigenvalue weighted by Crippen LogP contribution is 2.29. The van der Waals surface area contributed by atoms with Gasteiger partial charge in [0.2, 0.25) is 0 Å². The maximum Gasteiger partial charge on any atom is 0.183 e. The topological polar surface area (TPSA) is 34.2 Å². The molecule has 0 saturated carbocycles. The third-order valence-corrected chi connectivity index (χ3v) is 3.87. The molecule has 0 amide bonds. The van der Waals surface area contributed by atoms with E-state index in [0.717, 1.165) is 27.6 Å². The van der Waals surface area contributed by atoms with Crippen molar-refractivity contribution in [2.45, 2.75) is 20.3 Å². The Morgan fingerprint density at radius 3 is 3.00 bits per heavy atom. The van der Waals surface area contributed by atoms with E-state index >= 15 is 0 Å². The molecule has 0 aliphatic rings. The minimum atomic E-state index is 0.677. The van der Waals surface area contributed by atoms with E-state index in [1.54, 1.807) is 18.4 Å². The van der Waals surface area contributed by atoms with E-state index in [2.05, 4.69) is 24.1 Å². The van der Waals surface area contributed by atoms with E-state index in [-0.39, 0.29) is 0 Å². The van der Waals surface area contributed by atoms with Gasteiger partial charge in [-0.15, -0.1) is 0 Å². The normalized spacial score (nSPS) is 12.6. The fourth-order valence-electron chi connectivity index (χ4n) is 1.51. The SMILES string of the molecule is CCC(C)CNc1nc2ccc(OC)cc2s1. The summed E-state index contributed by atoms with van der Waals surface area (Å²) in [5, 5.41) is 4.38. The molecule has 17 heavy (non-hydrogen) atoms. The summed E-state index contributed by atoms with van der Waals surface area (Å²) in [6, 6.07) is 5.97. The highest BCUT2D eigenvalue weighted by Gasteiger charge is 2.05. The molecule has 0 aliphatic heterocycles. The summed E-state index contributed by atoms with van der Waals surface area (Å²) >= 11 is 1.68. The van der Waals surface area contributed by atoms with Crippen molar-refractivity contribution in [2.75, 3.05) is 19.0 Å². The van der Waals surface area contributed by atoms with Crippen molar-refractivity contribution in [1.29, 1.82) is 0 Å². The largest absolute Gasteiger partial charge is 0.497 e. The molecular weight excluding hydrogens is 232 g/mol. The maximum absolute atomic E-state index is 5.21. The molecule has 0 spiro atoms. The van der Waals surface area contributed by atoms with E-state index in [1.807, 2.05) is 18.2 Å². The molecule has 1 aromatic heterocycles. The minimum Gasteiger partial charge on any atom is -0.497 e. The molecule has 2 aromatic rings. The van der Waals surface area contributed by atoms with Crippen LogP contribution in [-0.4, -0.2) is 18.6 Å². The predicted octanol–water partition coefficient (Wildman–Crippen LogP) is 3.76. The van der Waals surface area contributed by atoms with Crippen LogP contribution in [0.2, 0.25) is 0 Å². The van der Waals surface area contributed by atoms with Crippen molar-refractivity contribution in [3.8, 4) is 5.75 Å². The lowest BCUT2D eigenvalue weighted by atomic mass is 10.1. The molecule has 0 saturated heterocycles. The van der Waals surface area contributed by atoms with Gasteiger partial charge in [0, 0.05) is 6.54 Å². The quantitative estimate of drug-likeness (QED) is 0.877. The van der Waals surface area contributed by atoms with Gasteiger partial charge in [-0.1, -0.05) is 31.6 Å². The molecule has 2 rings (SSSR count). The summed E-state index contributed by atoms with van der Waals surface area (Å²) in [4.78, 5) is 4.55. The second kappa shape index (κ2) is 5.36. The molecule has 0 fully saturated rings. The van der Waals surface area contributed by atoms with Crippen molar-refractivity contribution in [3.63, 3.8) is 0 Å². The van der Waals surface area contributed by atoms with E-state index in [1.165, 1.54) is 6.42 Å². The van der Waals surface area contributed by atoms with Crippen LogP contribution in [0.15, 0.2) is 18.2 Å². The van der Waals surface area contributed by atoms with E-state index < -0.39 is 0 Å². The standard InChI is InChI=1S/C13H18N2OS/c1-4-9(2)8-14-13-15-11-6-5-10(16-3)7-12(11)17-13/h5-7,9H,4,8H2,1-3H3,(H,14,15). The molecule has 1 N–H and O–H groups in total. The number of methoxy groups -OCH3 is 1. The summed E-state index contributed by atoms with van der Waals surface area (Å²) in [7, 11) is 1.68. The number of hydrogen-bond acceptors (Lipinski definition) is 4. The molecule has 0 radical (unpaired) electrons. The Hall–Kier alpha value is -1.29. The van der Waals surface area contributed by atoms with Gasteiger partial charge in [-0.3, -0.25) is 0 Å².